The maximum Gasteiger partial charge on any atom is 0.110 e. The number of aliphatic hydroxyl groups excluding tert-OH is 1. The lowest BCUT2D eigenvalue weighted by molar-refractivity contribution is -0.154. The van der Waals surface area contributed by atoms with Crippen molar-refractivity contribution in [2.75, 3.05) is 13.7 Å². The zero-order chi connectivity index (χ0) is 15.2. The number of aryl methyl sites for hydroxylation is 1. The Labute approximate surface area is 127 Å². The maximum atomic E-state index is 10.3. The molecule has 21 heavy (non-hydrogen) atoms. The third kappa shape index (κ3) is 4.16. The van der Waals surface area contributed by atoms with Crippen molar-refractivity contribution in [3.05, 3.63) is 41.5 Å². The van der Waals surface area contributed by atoms with Crippen molar-refractivity contribution >= 4 is 6.08 Å². The quantitative estimate of drug-likeness (QED) is 0.906. The molecule has 0 amide bonds. The van der Waals surface area contributed by atoms with E-state index in [9.17, 15) is 5.11 Å². The molecule has 2 rings (SSSR count). The van der Waals surface area contributed by atoms with Gasteiger partial charge in [-0.25, -0.2) is 0 Å². The Morgan fingerprint density at radius 1 is 1.33 bits per heavy atom. The number of aliphatic hydroxyl groups is 1. The minimum Gasteiger partial charge on any atom is -0.387 e. The van der Waals surface area contributed by atoms with Gasteiger partial charge in [0.05, 0.1) is 12.7 Å². The first-order chi connectivity index (χ1) is 10.2. The van der Waals surface area contributed by atoms with E-state index in [1.165, 1.54) is 5.56 Å². The highest BCUT2D eigenvalue weighted by Crippen LogP contribution is 2.23. The molecule has 0 radical (unpaired) electrons. The van der Waals surface area contributed by atoms with Gasteiger partial charge < -0.3 is 14.6 Å². The molecule has 1 N–H and O–H groups in total. The summed E-state index contributed by atoms with van der Waals surface area (Å²) in [4.78, 5) is 0. The van der Waals surface area contributed by atoms with Gasteiger partial charge >= 0.3 is 0 Å². The molecule has 0 bridgehead atoms. The molecule has 1 aliphatic rings. The molecule has 1 heterocycles. The Balaban J connectivity index is 1.99. The number of methoxy groups -OCH3 is 1. The summed E-state index contributed by atoms with van der Waals surface area (Å²) >= 11 is 0. The summed E-state index contributed by atoms with van der Waals surface area (Å²) in [7, 11) is 1.64. The van der Waals surface area contributed by atoms with Gasteiger partial charge in [0.15, 0.2) is 0 Å². The third-order valence-electron chi connectivity index (χ3n) is 4.05. The molecule has 0 spiro atoms. The Morgan fingerprint density at radius 3 is 2.67 bits per heavy atom. The van der Waals surface area contributed by atoms with Gasteiger partial charge in [-0.05, 0) is 17.5 Å². The highest BCUT2D eigenvalue weighted by atomic mass is 16.5. The average molecular weight is 290 g/mol. The third-order valence-corrected chi connectivity index (χ3v) is 4.05. The lowest BCUT2D eigenvalue weighted by Gasteiger charge is -2.36. The number of hydrogen-bond donors (Lipinski definition) is 1. The van der Waals surface area contributed by atoms with E-state index in [-0.39, 0.29) is 18.1 Å². The molecule has 0 aromatic heterocycles. The van der Waals surface area contributed by atoms with Crippen molar-refractivity contribution in [2.24, 2.45) is 5.92 Å². The van der Waals surface area contributed by atoms with E-state index < -0.39 is 6.10 Å². The lowest BCUT2D eigenvalue weighted by Crippen LogP contribution is -2.49. The van der Waals surface area contributed by atoms with Gasteiger partial charge in [-0.2, -0.15) is 0 Å². The Hall–Kier alpha value is -1.16. The van der Waals surface area contributed by atoms with Crippen LogP contribution in [0, 0.1) is 5.92 Å². The molecule has 1 fully saturated rings. The van der Waals surface area contributed by atoms with Crippen molar-refractivity contribution in [2.45, 2.75) is 45.0 Å². The molecule has 0 aliphatic carbocycles. The van der Waals surface area contributed by atoms with E-state index in [1.54, 1.807) is 7.11 Å². The summed E-state index contributed by atoms with van der Waals surface area (Å²) in [5, 5.41) is 10.3. The number of benzene rings is 1. The normalized spacial score (nSPS) is 29.9. The van der Waals surface area contributed by atoms with Crippen LogP contribution in [-0.2, 0) is 15.9 Å². The molecule has 4 atom stereocenters. The average Bonchev–Trinajstić information content (AvgIpc) is 2.49. The first-order valence-electron chi connectivity index (χ1n) is 7.75. The molecular formula is C18H26O3. The second-order valence-corrected chi connectivity index (χ2v) is 5.82. The van der Waals surface area contributed by atoms with E-state index in [0.29, 0.717) is 6.61 Å². The van der Waals surface area contributed by atoms with E-state index in [4.69, 9.17) is 9.47 Å². The van der Waals surface area contributed by atoms with Crippen molar-refractivity contribution < 1.29 is 14.6 Å². The van der Waals surface area contributed by atoms with E-state index >= 15 is 0 Å². The predicted octanol–water partition coefficient (Wildman–Crippen LogP) is 3.06. The predicted molar refractivity (Wildman–Crippen MR) is 85.2 cm³/mol. The second kappa shape index (κ2) is 7.74. The molecule has 1 aliphatic heterocycles. The summed E-state index contributed by atoms with van der Waals surface area (Å²) in [6.07, 6.45) is 5.12. The molecule has 0 saturated carbocycles. The van der Waals surface area contributed by atoms with Crippen LogP contribution in [0.25, 0.3) is 6.08 Å². The van der Waals surface area contributed by atoms with Crippen LogP contribution in [0.15, 0.2) is 30.3 Å². The molecular weight excluding hydrogens is 264 g/mol. The van der Waals surface area contributed by atoms with E-state index in [0.717, 1.165) is 18.4 Å². The van der Waals surface area contributed by atoms with Crippen LogP contribution in [0.3, 0.4) is 0 Å². The SMILES string of the molecule is CCCc1ccc(C=C[C@@H]2OC[C@H](C)[C@H](OC)[C@H]2O)cc1. The molecule has 3 heteroatoms. The highest BCUT2D eigenvalue weighted by molar-refractivity contribution is 5.50. The van der Waals surface area contributed by atoms with Crippen molar-refractivity contribution in [1.29, 1.82) is 0 Å². The summed E-state index contributed by atoms with van der Waals surface area (Å²) < 4.78 is 11.1. The van der Waals surface area contributed by atoms with Crippen LogP contribution < -0.4 is 0 Å². The van der Waals surface area contributed by atoms with Gasteiger partial charge in [-0.1, -0.05) is 56.7 Å². The molecule has 0 unspecified atom stereocenters. The van der Waals surface area contributed by atoms with Gasteiger partial charge in [0.25, 0.3) is 0 Å². The monoisotopic (exact) mass is 290 g/mol. The number of rotatable bonds is 5. The fourth-order valence-corrected chi connectivity index (χ4v) is 2.81. The molecule has 3 nitrogen and oxygen atoms in total. The largest absolute Gasteiger partial charge is 0.387 e. The minimum atomic E-state index is -0.616. The molecule has 116 valence electrons. The number of hydrogen-bond acceptors (Lipinski definition) is 3. The van der Waals surface area contributed by atoms with Crippen molar-refractivity contribution in [3.63, 3.8) is 0 Å². The van der Waals surface area contributed by atoms with Crippen LogP contribution in [0.4, 0.5) is 0 Å². The fraction of sp³-hybridized carbons (Fsp3) is 0.556. The summed E-state index contributed by atoms with van der Waals surface area (Å²) in [6, 6.07) is 8.52. The molecule has 1 aromatic rings. The van der Waals surface area contributed by atoms with Crippen LogP contribution in [0.5, 0.6) is 0 Å². The van der Waals surface area contributed by atoms with Crippen LogP contribution in [-0.4, -0.2) is 37.1 Å². The summed E-state index contributed by atoms with van der Waals surface area (Å²) in [6.45, 7) is 4.83. The topological polar surface area (TPSA) is 38.7 Å². The molecule has 1 saturated heterocycles. The summed E-state index contributed by atoms with van der Waals surface area (Å²) in [5.74, 6) is 0.211. The second-order valence-electron chi connectivity index (χ2n) is 5.82. The van der Waals surface area contributed by atoms with E-state index in [2.05, 4.69) is 31.2 Å². The van der Waals surface area contributed by atoms with Crippen molar-refractivity contribution in [1.82, 2.24) is 0 Å². The van der Waals surface area contributed by atoms with Gasteiger partial charge in [-0.3, -0.25) is 0 Å². The fourth-order valence-electron chi connectivity index (χ4n) is 2.81. The Kier molecular flexibility index (Phi) is 5.97. The summed E-state index contributed by atoms with van der Waals surface area (Å²) in [5.41, 5.74) is 2.48. The van der Waals surface area contributed by atoms with Gasteiger partial charge in [0.1, 0.15) is 12.2 Å². The zero-order valence-corrected chi connectivity index (χ0v) is 13.2. The minimum absolute atomic E-state index is 0.166. The zero-order valence-electron chi connectivity index (χ0n) is 13.2. The van der Waals surface area contributed by atoms with Crippen LogP contribution in [0.1, 0.15) is 31.4 Å². The first kappa shape index (κ1) is 16.2. The van der Waals surface area contributed by atoms with Crippen molar-refractivity contribution in [3.8, 4) is 0 Å². The maximum absolute atomic E-state index is 10.3. The van der Waals surface area contributed by atoms with Crippen LogP contribution in [0.2, 0.25) is 0 Å². The smallest absolute Gasteiger partial charge is 0.110 e. The highest BCUT2D eigenvalue weighted by Gasteiger charge is 2.36. The molecule has 1 aromatic carbocycles. The van der Waals surface area contributed by atoms with Gasteiger partial charge in [-0.15, -0.1) is 0 Å². The standard InChI is InChI=1S/C18H26O3/c1-4-5-14-6-8-15(9-7-14)10-11-16-17(19)18(20-3)13(2)12-21-16/h6-11,13,16-19H,4-5,12H2,1-3H3/t13-,16-,17-,18-/m0/s1. The van der Waals surface area contributed by atoms with E-state index in [1.807, 2.05) is 19.1 Å². The van der Waals surface area contributed by atoms with Crippen LogP contribution >= 0.6 is 0 Å². The number of ether oxygens (including phenoxy) is 2. The van der Waals surface area contributed by atoms with Gasteiger partial charge in [0, 0.05) is 13.0 Å². The Morgan fingerprint density at radius 2 is 2.05 bits per heavy atom. The van der Waals surface area contributed by atoms with Gasteiger partial charge in [0.2, 0.25) is 0 Å². The Bertz CT molecular complexity index is 452. The lowest BCUT2D eigenvalue weighted by atomic mass is 9.93. The first-order valence-corrected chi connectivity index (χ1v) is 7.75.